The second-order valence-corrected chi connectivity index (χ2v) is 4.47. The minimum atomic E-state index is 0.0795. The summed E-state index contributed by atoms with van der Waals surface area (Å²) in [5.41, 5.74) is 5.54. The number of hydrogen-bond donors (Lipinski definition) is 2. The van der Waals surface area contributed by atoms with Crippen LogP contribution >= 0.6 is 0 Å². The van der Waals surface area contributed by atoms with Crippen LogP contribution in [0.2, 0.25) is 0 Å². The largest absolute Gasteiger partial charge is 0.508 e. The van der Waals surface area contributed by atoms with Gasteiger partial charge in [-0.1, -0.05) is 12.1 Å². The van der Waals surface area contributed by atoms with Gasteiger partial charge in [0.25, 0.3) is 0 Å². The highest BCUT2D eigenvalue weighted by atomic mass is 16.3. The SMILES string of the molecule is Cc1cc(-c2cc(O)cc(O)c2)cc(C)c1C. The molecular weight excluding hydrogens is 212 g/mol. The highest BCUT2D eigenvalue weighted by molar-refractivity contribution is 5.69. The number of rotatable bonds is 1. The van der Waals surface area contributed by atoms with Gasteiger partial charge in [-0.05, 0) is 60.7 Å². The van der Waals surface area contributed by atoms with Crippen molar-refractivity contribution in [2.45, 2.75) is 20.8 Å². The van der Waals surface area contributed by atoms with Crippen LogP contribution in [-0.2, 0) is 0 Å². The van der Waals surface area contributed by atoms with Crippen LogP contribution in [0.3, 0.4) is 0 Å². The predicted octanol–water partition coefficient (Wildman–Crippen LogP) is 3.69. The second kappa shape index (κ2) is 4.13. The van der Waals surface area contributed by atoms with Crippen molar-refractivity contribution >= 4 is 0 Å². The zero-order valence-corrected chi connectivity index (χ0v) is 10.3. The van der Waals surface area contributed by atoms with Crippen molar-refractivity contribution in [3.05, 3.63) is 47.0 Å². The first kappa shape index (κ1) is 11.5. The fraction of sp³-hybridized carbons (Fsp3) is 0.200. The zero-order valence-electron chi connectivity index (χ0n) is 10.3. The van der Waals surface area contributed by atoms with E-state index in [-0.39, 0.29) is 11.5 Å². The van der Waals surface area contributed by atoms with E-state index in [1.807, 2.05) is 0 Å². The quantitative estimate of drug-likeness (QED) is 0.781. The molecule has 0 fully saturated rings. The lowest BCUT2D eigenvalue weighted by Crippen LogP contribution is -1.88. The van der Waals surface area contributed by atoms with Gasteiger partial charge in [0.15, 0.2) is 0 Å². The van der Waals surface area contributed by atoms with Crippen LogP contribution in [0.5, 0.6) is 11.5 Å². The predicted molar refractivity (Wildman–Crippen MR) is 69.4 cm³/mol. The van der Waals surface area contributed by atoms with Crippen molar-refractivity contribution in [2.24, 2.45) is 0 Å². The van der Waals surface area contributed by atoms with E-state index >= 15 is 0 Å². The number of phenolic OH excluding ortho intramolecular Hbond substituents is 2. The Hall–Kier alpha value is -1.96. The van der Waals surface area contributed by atoms with Crippen LogP contribution in [0.25, 0.3) is 11.1 Å². The summed E-state index contributed by atoms with van der Waals surface area (Å²) in [6, 6.07) is 8.77. The van der Waals surface area contributed by atoms with Crippen LogP contribution < -0.4 is 0 Å². The molecule has 0 spiro atoms. The topological polar surface area (TPSA) is 40.5 Å². The Morgan fingerprint density at radius 1 is 0.647 bits per heavy atom. The van der Waals surface area contributed by atoms with E-state index in [9.17, 15) is 10.2 Å². The first-order valence-electron chi connectivity index (χ1n) is 5.58. The average molecular weight is 228 g/mol. The molecule has 0 atom stereocenters. The van der Waals surface area contributed by atoms with Gasteiger partial charge in [0.2, 0.25) is 0 Å². The summed E-state index contributed by atoms with van der Waals surface area (Å²) >= 11 is 0. The highest BCUT2D eigenvalue weighted by Gasteiger charge is 2.05. The van der Waals surface area contributed by atoms with E-state index in [0.29, 0.717) is 0 Å². The summed E-state index contributed by atoms with van der Waals surface area (Å²) in [5.74, 6) is 0.159. The van der Waals surface area contributed by atoms with Crippen molar-refractivity contribution in [3.8, 4) is 22.6 Å². The van der Waals surface area contributed by atoms with Gasteiger partial charge in [0, 0.05) is 6.07 Å². The van der Waals surface area contributed by atoms with E-state index in [1.165, 1.54) is 22.8 Å². The number of hydrogen-bond acceptors (Lipinski definition) is 2. The summed E-state index contributed by atoms with van der Waals surface area (Å²) in [6.07, 6.45) is 0. The van der Waals surface area contributed by atoms with Gasteiger partial charge in [-0.2, -0.15) is 0 Å². The van der Waals surface area contributed by atoms with Crippen LogP contribution in [0.1, 0.15) is 16.7 Å². The Balaban J connectivity index is 2.60. The molecule has 2 aromatic rings. The fourth-order valence-electron chi connectivity index (χ4n) is 1.96. The Labute approximate surface area is 101 Å². The first-order chi connectivity index (χ1) is 7.97. The lowest BCUT2D eigenvalue weighted by molar-refractivity contribution is 0.451. The molecular formula is C15H16O2. The zero-order chi connectivity index (χ0) is 12.6. The lowest BCUT2D eigenvalue weighted by Gasteiger charge is -2.10. The number of aryl methyl sites for hydroxylation is 2. The van der Waals surface area contributed by atoms with Gasteiger partial charge in [-0.3, -0.25) is 0 Å². The van der Waals surface area contributed by atoms with Gasteiger partial charge in [0.1, 0.15) is 11.5 Å². The highest BCUT2D eigenvalue weighted by Crippen LogP contribution is 2.30. The van der Waals surface area contributed by atoms with E-state index in [1.54, 1.807) is 12.1 Å². The monoisotopic (exact) mass is 228 g/mol. The maximum absolute atomic E-state index is 9.49. The van der Waals surface area contributed by atoms with Gasteiger partial charge in [0.05, 0.1) is 0 Å². The van der Waals surface area contributed by atoms with Gasteiger partial charge in [-0.15, -0.1) is 0 Å². The van der Waals surface area contributed by atoms with E-state index in [2.05, 4.69) is 32.9 Å². The van der Waals surface area contributed by atoms with Gasteiger partial charge >= 0.3 is 0 Å². The normalized spacial score (nSPS) is 10.5. The minimum absolute atomic E-state index is 0.0795. The van der Waals surface area contributed by atoms with E-state index in [0.717, 1.165) is 11.1 Å². The molecule has 0 amide bonds. The number of benzene rings is 2. The molecule has 0 unspecified atom stereocenters. The third-order valence-electron chi connectivity index (χ3n) is 3.16. The minimum Gasteiger partial charge on any atom is -0.508 e. The maximum atomic E-state index is 9.49. The Bertz CT molecular complexity index is 528. The average Bonchev–Trinajstić information content (AvgIpc) is 2.23. The summed E-state index contributed by atoms with van der Waals surface area (Å²) in [4.78, 5) is 0. The third-order valence-corrected chi connectivity index (χ3v) is 3.16. The maximum Gasteiger partial charge on any atom is 0.119 e. The molecule has 2 heteroatoms. The molecule has 2 rings (SSSR count). The van der Waals surface area contributed by atoms with Crippen LogP contribution in [0, 0.1) is 20.8 Å². The molecule has 0 saturated heterocycles. The lowest BCUT2D eigenvalue weighted by atomic mass is 9.96. The molecule has 0 aromatic heterocycles. The molecule has 0 bridgehead atoms. The van der Waals surface area contributed by atoms with Gasteiger partial charge < -0.3 is 10.2 Å². The van der Waals surface area contributed by atoms with E-state index in [4.69, 9.17) is 0 Å². The summed E-state index contributed by atoms with van der Waals surface area (Å²) < 4.78 is 0. The number of phenols is 2. The van der Waals surface area contributed by atoms with Crippen LogP contribution in [-0.4, -0.2) is 10.2 Å². The molecule has 2 N–H and O–H groups in total. The molecule has 0 aliphatic rings. The molecule has 2 nitrogen and oxygen atoms in total. The Morgan fingerprint density at radius 3 is 1.53 bits per heavy atom. The molecule has 17 heavy (non-hydrogen) atoms. The molecule has 0 heterocycles. The Morgan fingerprint density at radius 2 is 1.06 bits per heavy atom. The Kier molecular flexibility index (Phi) is 2.80. The van der Waals surface area contributed by atoms with Crippen molar-refractivity contribution in [1.82, 2.24) is 0 Å². The van der Waals surface area contributed by atoms with Crippen molar-refractivity contribution in [1.29, 1.82) is 0 Å². The molecule has 0 radical (unpaired) electrons. The van der Waals surface area contributed by atoms with Crippen molar-refractivity contribution in [2.75, 3.05) is 0 Å². The van der Waals surface area contributed by atoms with E-state index < -0.39 is 0 Å². The van der Waals surface area contributed by atoms with Gasteiger partial charge in [-0.25, -0.2) is 0 Å². The summed E-state index contributed by atoms with van der Waals surface area (Å²) in [6.45, 7) is 6.22. The molecule has 0 aliphatic carbocycles. The summed E-state index contributed by atoms with van der Waals surface area (Å²) in [7, 11) is 0. The third kappa shape index (κ3) is 2.26. The fourth-order valence-corrected chi connectivity index (χ4v) is 1.96. The smallest absolute Gasteiger partial charge is 0.119 e. The van der Waals surface area contributed by atoms with Crippen LogP contribution in [0.15, 0.2) is 30.3 Å². The molecule has 88 valence electrons. The summed E-state index contributed by atoms with van der Waals surface area (Å²) in [5, 5.41) is 19.0. The number of aromatic hydroxyl groups is 2. The standard InChI is InChI=1S/C15H16O2/c1-9-4-12(5-10(2)11(9)3)13-6-14(16)8-15(17)7-13/h4-8,16-17H,1-3H3. The first-order valence-corrected chi connectivity index (χ1v) is 5.58. The molecule has 0 aliphatic heterocycles. The molecule has 0 saturated carbocycles. The molecule has 2 aromatic carbocycles. The van der Waals surface area contributed by atoms with Crippen molar-refractivity contribution in [3.63, 3.8) is 0 Å². The van der Waals surface area contributed by atoms with Crippen molar-refractivity contribution < 1.29 is 10.2 Å². The second-order valence-electron chi connectivity index (χ2n) is 4.47. The van der Waals surface area contributed by atoms with Crippen LogP contribution in [0.4, 0.5) is 0 Å².